The monoisotopic (exact) mass is 225 g/mol. The van der Waals surface area contributed by atoms with Gasteiger partial charge in [-0.15, -0.1) is 11.3 Å². The minimum Gasteiger partial charge on any atom is -0.340 e. The molecule has 0 aliphatic carbocycles. The number of thiophene rings is 1. The van der Waals surface area contributed by atoms with Crippen molar-refractivity contribution in [2.45, 2.75) is 34.2 Å². The molecule has 0 bridgehead atoms. The third kappa shape index (κ3) is 3.06. The molecular formula is C12H19NOS. The van der Waals surface area contributed by atoms with Crippen LogP contribution in [-0.2, 0) is 11.3 Å². The van der Waals surface area contributed by atoms with Crippen LogP contribution in [-0.4, -0.2) is 17.9 Å². The van der Waals surface area contributed by atoms with Crippen molar-refractivity contribution in [1.82, 2.24) is 4.90 Å². The Morgan fingerprint density at radius 2 is 2.07 bits per heavy atom. The second-order valence-corrected chi connectivity index (χ2v) is 5.94. The topological polar surface area (TPSA) is 20.3 Å². The third-order valence-electron chi connectivity index (χ3n) is 2.34. The fraction of sp³-hybridized carbons (Fsp3) is 0.583. The molecule has 0 aromatic carbocycles. The van der Waals surface area contributed by atoms with E-state index in [9.17, 15) is 4.79 Å². The molecule has 1 amide bonds. The Hall–Kier alpha value is -0.830. The molecule has 0 radical (unpaired) electrons. The summed E-state index contributed by atoms with van der Waals surface area (Å²) in [6, 6.07) is 2.09. The van der Waals surface area contributed by atoms with Crippen molar-refractivity contribution in [1.29, 1.82) is 0 Å². The van der Waals surface area contributed by atoms with E-state index in [2.05, 4.69) is 18.4 Å². The normalized spacial score (nSPS) is 11.5. The molecule has 0 aliphatic heterocycles. The molecule has 0 saturated carbocycles. The van der Waals surface area contributed by atoms with Crippen LogP contribution in [0, 0.1) is 12.3 Å². The Bertz CT molecular complexity index is 349. The van der Waals surface area contributed by atoms with Gasteiger partial charge < -0.3 is 4.90 Å². The van der Waals surface area contributed by atoms with E-state index in [0.29, 0.717) is 0 Å². The molecule has 1 aromatic rings. The lowest BCUT2D eigenvalue weighted by Gasteiger charge is -2.25. The molecule has 0 fully saturated rings. The number of carbonyl (C=O) groups is 1. The quantitative estimate of drug-likeness (QED) is 0.757. The molecule has 0 atom stereocenters. The molecule has 84 valence electrons. The SMILES string of the molecule is Cc1ccsc1CN(C)C(=O)C(C)(C)C. The zero-order valence-corrected chi connectivity index (χ0v) is 10.9. The molecule has 0 aliphatic rings. The Morgan fingerprint density at radius 3 is 2.47 bits per heavy atom. The average molecular weight is 225 g/mol. The molecule has 1 rings (SSSR count). The van der Waals surface area contributed by atoms with Crippen molar-refractivity contribution in [2.24, 2.45) is 5.41 Å². The lowest BCUT2D eigenvalue weighted by molar-refractivity contribution is -0.138. The smallest absolute Gasteiger partial charge is 0.228 e. The van der Waals surface area contributed by atoms with Crippen LogP contribution in [0.1, 0.15) is 31.2 Å². The summed E-state index contributed by atoms with van der Waals surface area (Å²) in [5.74, 6) is 0.190. The van der Waals surface area contributed by atoms with Gasteiger partial charge in [0, 0.05) is 17.3 Å². The second kappa shape index (κ2) is 4.35. The van der Waals surface area contributed by atoms with Gasteiger partial charge in [-0.25, -0.2) is 0 Å². The van der Waals surface area contributed by atoms with Gasteiger partial charge in [0.2, 0.25) is 5.91 Å². The van der Waals surface area contributed by atoms with E-state index in [4.69, 9.17) is 0 Å². The van der Waals surface area contributed by atoms with Gasteiger partial charge in [0.15, 0.2) is 0 Å². The van der Waals surface area contributed by atoms with E-state index in [1.165, 1.54) is 10.4 Å². The maximum absolute atomic E-state index is 11.9. The lowest BCUT2D eigenvalue weighted by Crippen LogP contribution is -2.36. The van der Waals surface area contributed by atoms with Crippen molar-refractivity contribution in [2.75, 3.05) is 7.05 Å². The van der Waals surface area contributed by atoms with Crippen LogP contribution in [0.2, 0.25) is 0 Å². The number of nitrogens with zero attached hydrogens (tertiary/aromatic N) is 1. The van der Waals surface area contributed by atoms with Gasteiger partial charge in [0.1, 0.15) is 0 Å². The predicted octanol–water partition coefficient (Wildman–Crippen LogP) is 3.06. The van der Waals surface area contributed by atoms with Gasteiger partial charge in [0.05, 0.1) is 6.54 Å². The molecule has 1 aromatic heterocycles. The van der Waals surface area contributed by atoms with Crippen LogP contribution < -0.4 is 0 Å². The van der Waals surface area contributed by atoms with Gasteiger partial charge in [-0.2, -0.15) is 0 Å². The van der Waals surface area contributed by atoms with Gasteiger partial charge in [0.25, 0.3) is 0 Å². The zero-order chi connectivity index (χ0) is 11.6. The summed E-state index contributed by atoms with van der Waals surface area (Å²) in [6.45, 7) is 8.66. The summed E-state index contributed by atoms with van der Waals surface area (Å²) in [6.07, 6.45) is 0. The molecule has 0 spiro atoms. The van der Waals surface area contributed by atoms with E-state index in [1.807, 2.05) is 27.8 Å². The fourth-order valence-electron chi connectivity index (χ4n) is 1.43. The maximum atomic E-state index is 11.9. The fourth-order valence-corrected chi connectivity index (χ4v) is 2.38. The lowest BCUT2D eigenvalue weighted by atomic mass is 9.95. The molecule has 1 heterocycles. The van der Waals surface area contributed by atoms with Crippen molar-refractivity contribution in [3.05, 3.63) is 21.9 Å². The first kappa shape index (κ1) is 12.2. The first-order valence-electron chi connectivity index (χ1n) is 5.11. The van der Waals surface area contributed by atoms with Gasteiger partial charge >= 0.3 is 0 Å². The Balaban J connectivity index is 2.68. The predicted molar refractivity (Wildman–Crippen MR) is 65.0 cm³/mol. The zero-order valence-electron chi connectivity index (χ0n) is 10.1. The Morgan fingerprint density at radius 1 is 1.47 bits per heavy atom. The van der Waals surface area contributed by atoms with Gasteiger partial charge in [-0.05, 0) is 23.9 Å². The summed E-state index contributed by atoms with van der Waals surface area (Å²) >= 11 is 1.71. The van der Waals surface area contributed by atoms with Crippen LogP contribution in [0.3, 0.4) is 0 Å². The van der Waals surface area contributed by atoms with Crippen LogP contribution in [0.4, 0.5) is 0 Å². The highest BCUT2D eigenvalue weighted by Crippen LogP contribution is 2.21. The number of hydrogen-bond acceptors (Lipinski definition) is 2. The van der Waals surface area contributed by atoms with Crippen molar-refractivity contribution >= 4 is 17.2 Å². The molecule has 0 saturated heterocycles. The third-order valence-corrected chi connectivity index (χ3v) is 3.34. The molecule has 3 heteroatoms. The standard InChI is InChI=1S/C12H19NOS/c1-9-6-7-15-10(9)8-13(5)11(14)12(2,3)4/h6-7H,8H2,1-5H3. The van der Waals surface area contributed by atoms with Crippen molar-refractivity contribution < 1.29 is 4.79 Å². The first-order chi connectivity index (χ1) is 6.82. The second-order valence-electron chi connectivity index (χ2n) is 4.94. The number of hydrogen-bond donors (Lipinski definition) is 0. The molecule has 2 nitrogen and oxygen atoms in total. The highest BCUT2D eigenvalue weighted by atomic mass is 32.1. The molecule has 15 heavy (non-hydrogen) atoms. The molecule has 0 N–H and O–H groups in total. The summed E-state index contributed by atoms with van der Waals surface area (Å²) in [5.41, 5.74) is 0.980. The van der Waals surface area contributed by atoms with Crippen LogP contribution in [0.25, 0.3) is 0 Å². The average Bonchev–Trinajstić information content (AvgIpc) is 2.49. The van der Waals surface area contributed by atoms with E-state index in [0.717, 1.165) is 6.54 Å². The highest BCUT2D eigenvalue weighted by Gasteiger charge is 2.25. The molecule has 0 unspecified atom stereocenters. The number of amides is 1. The number of rotatable bonds is 2. The van der Waals surface area contributed by atoms with E-state index in [1.54, 1.807) is 16.2 Å². The summed E-state index contributed by atoms with van der Waals surface area (Å²) in [4.78, 5) is 15.0. The number of carbonyl (C=O) groups excluding carboxylic acids is 1. The van der Waals surface area contributed by atoms with E-state index >= 15 is 0 Å². The van der Waals surface area contributed by atoms with E-state index < -0.39 is 0 Å². The Labute approximate surface area is 95.9 Å². The van der Waals surface area contributed by atoms with Crippen molar-refractivity contribution in [3.8, 4) is 0 Å². The van der Waals surface area contributed by atoms with Gasteiger partial charge in [-0.1, -0.05) is 20.8 Å². The van der Waals surface area contributed by atoms with Crippen LogP contribution >= 0.6 is 11.3 Å². The first-order valence-corrected chi connectivity index (χ1v) is 5.99. The Kier molecular flexibility index (Phi) is 3.55. The molecular weight excluding hydrogens is 206 g/mol. The largest absolute Gasteiger partial charge is 0.340 e. The van der Waals surface area contributed by atoms with Crippen LogP contribution in [0.5, 0.6) is 0 Å². The minimum absolute atomic E-state index is 0.190. The maximum Gasteiger partial charge on any atom is 0.228 e. The van der Waals surface area contributed by atoms with Gasteiger partial charge in [-0.3, -0.25) is 4.79 Å². The van der Waals surface area contributed by atoms with Crippen molar-refractivity contribution in [3.63, 3.8) is 0 Å². The number of aryl methyl sites for hydroxylation is 1. The summed E-state index contributed by atoms with van der Waals surface area (Å²) < 4.78 is 0. The highest BCUT2D eigenvalue weighted by molar-refractivity contribution is 7.10. The minimum atomic E-state index is -0.292. The van der Waals surface area contributed by atoms with E-state index in [-0.39, 0.29) is 11.3 Å². The van der Waals surface area contributed by atoms with Crippen LogP contribution in [0.15, 0.2) is 11.4 Å². The summed E-state index contributed by atoms with van der Waals surface area (Å²) in [5, 5.41) is 2.07. The summed E-state index contributed by atoms with van der Waals surface area (Å²) in [7, 11) is 1.87.